The highest BCUT2D eigenvalue weighted by atomic mass is 127. The monoisotopic (exact) mass is 352 g/mol. The van der Waals surface area contributed by atoms with Crippen LogP contribution in [0.4, 0.5) is 0 Å². The van der Waals surface area contributed by atoms with Gasteiger partial charge in [0, 0.05) is 22.0 Å². The molecular formula is C15H17IN2. The van der Waals surface area contributed by atoms with Gasteiger partial charge in [-0.15, -0.1) is 0 Å². The molecule has 18 heavy (non-hydrogen) atoms. The summed E-state index contributed by atoms with van der Waals surface area (Å²) in [5.74, 6) is 0. The highest BCUT2D eigenvalue weighted by molar-refractivity contribution is 14.1. The van der Waals surface area contributed by atoms with E-state index >= 15 is 0 Å². The number of nitrogens with one attached hydrogen (secondary N) is 1. The summed E-state index contributed by atoms with van der Waals surface area (Å²) < 4.78 is 1.27. The Morgan fingerprint density at radius 2 is 2.00 bits per heavy atom. The average Bonchev–Trinajstić information content (AvgIpc) is 2.40. The van der Waals surface area contributed by atoms with Gasteiger partial charge in [-0.1, -0.05) is 25.1 Å². The van der Waals surface area contributed by atoms with Crippen LogP contribution in [0.3, 0.4) is 0 Å². The Balaban J connectivity index is 2.15. The third-order valence-corrected chi connectivity index (χ3v) is 3.60. The fourth-order valence-corrected chi connectivity index (χ4v) is 2.36. The summed E-state index contributed by atoms with van der Waals surface area (Å²) in [6, 6.07) is 13.2. The molecule has 0 bridgehead atoms. The number of rotatable bonds is 5. The molecule has 94 valence electrons. The minimum absolute atomic E-state index is 0.358. The van der Waals surface area contributed by atoms with Gasteiger partial charge in [0.15, 0.2) is 0 Å². The minimum atomic E-state index is 0.358. The Bertz CT molecular complexity index is 468. The Hall–Kier alpha value is -0.940. The molecule has 0 radical (unpaired) electrons. The molecule has 1 heterocycles. The number of hydrogen-bond donors (Lipinski definition) is 1. The van der Waals surface area contributed by atoms with Gasteiger partial charge < -0.3 is 5.32 Å². The molecule has 0 saturated heterocycles. The summed E-state index contributed by atoms with van der Waals surface area (Å²) in [6.07, 6.45) is 4.73. The van der Waals surface area contributed by atoms with E-state index in [0.717, 1.165) is 13.0 Å². The Kier molecular flexibility index (Phi) is 5.13. The standard InChI is InChI=1S/C15H17IN2/c1-2-18-15(10-12-4-3-9-17-11-12)13-5-7-14(16)8-6-13/h3-9,11,15,18H,2,10H2,1H3. The number of likely N-dealkylation sites (N-methyl/N-ethyl adjacent to an activating group) is 1. The summed E-state index contributed by atoms with van der Waals surface area (Å²) in [4.78, 5) is 4.18. The Morgan fingerprint density at radius 3 is 2.61 bits per heavy atom. The lowest BCUT2D eigenvalue weighted by Gasteiger charge is -2.18. The summed E-state index contributed by atoms with van der Waals surface area (Å²) in [5.41, 5.74) is 2.60. The summed E-state index contributed by atoms with van der Waals surface area (Å²) in [5, 5.41) is 3.54. The maximum atomic E-state index is 4.18. The van der Waals surface area contributed by atoms with E-state index in [4.69, 9.17) is 0 Å². The van der Waals surface area contributed by atoms with Gasteiger partial charge in [0.2, 0.25) is 0 Å². The minimum Gasteiger partial charge on any atom is -0.310 e. The zero-order valence-electron chi connectivity index (χ0n) is 10.4. The molecule has 0 amide bonds. The van der Waals surface area contributed by atoms with E-state index in [9.17, 15) is 0 Å². The topological polar surface area (TPSA) is 24.9 Å². The van der Waals surface area contributed by atoms with E-state index < -0.39 is 0 Å². The summed E-state index contributed by atoms with van der Waals surface area (Å²) in [7, 11) is 0. The van der Waals surface area contributed by atoms with Crippen LogP contribution in [0, 0.1) is 3.57 Å². The highest BCUT2D eigenvalue weighted by Crippen LogP contribution is 2.19. The van der Waals surface area contributed by atoms with E-state index in [0.29, 0.717) is 6.04 Å². The van der Waals surface area contributed by atoms with Crippen molar-refractivity contribution in [2.24, 2.45) is 0 Å². The Morgan fingerprint density at radius 1 is 1.22 bits per heavy atom. The first-order valence-electron chi connectivity index (χ1n) is 6.17. The van der Waals surface area contributed by atoms with Crippen LogP contribution >= 0.6 is 22.6 Å². The van der Waals surface area contributed by atoms with Crippen LogP contribution in [0.15, 0.2) is 48.8 Å². The first-order valence-corrected chi connectivity index (χ1v) is 7.25. The van der Waals surface area contributed by atoms with Gasteiger partial charge in [0.05, 0.1) is 0 Å². The largest absolute Gasteiger partial charge is 0.310 e. The van der Waals surface area contributed by atoms with E-state index in [1.54, 1.807) is 0 Å². The first-order chi connectivity index (χ1) is 8.79. The van der Waals surface area contributed by atoms with Crippen molar-refractivity contribution in [1.29, 1.82) is 0 Å². The van der Waals surface area contributed by atoms with Crippen molar-refractivity contribution in [2.45, 2.75) is 19.4 Å². The highest BCUT2D eigenvalue weighted by Gasteiger charge is 2.10. The molecule has 0 spiro atoms. The fourth-order valence-electron chi connectivity index (χ4n) is 2.00. The van der Waals surface area contributed by atoms with Crippen molar-refractivity contribution in [2.75, 3.05) is 6.54 Å². The number of nitrogens with zero attached hydrogens (tertiary/aromatic N) is 1. The molecule has 1 atom stereocenters. The van der Waals surface area contributed by atoms with Gasteiger partial charge in [0.1, 0.15) is 0 Å². The van der Waals surface area contributed by atoms with Gasteiger partial charge in [-0.05, 0) is 64.9 Å². The van der Waals surface area contributed by atoms with E-state index in [2.05, 4.69) is 70.1 Å². The number of benzene rings is 1. The second kappa shape index (κ2) is 6.85. The zero-order chi connectivity index (χ0) is 12.8. The van der Waals surface area contributed by atoms with Gasteiger partial charge in [-0.25, -0.2) is 0 Å². The van der Waals surface area contributed by atoms with Crippen LogP contribution in [0.5, 0.6) is 0 Å². The second-order valence-corrected chi connectivity index (χ2v) is 5.47. The predicted molar refractivity (Wildman–Crippen MR) is 83.5 cm³/mol. The quantitative estimate of drug-likeness (QED) is 0.832. The second-order valence-electron chi connectivity index (χ2n) is 4.23. The van der Waals surface area contributed by atoms with Crippen LogP contribution < -0.4 is 5.32 Å². The molecular weight excluding hydrogens is 335 g/mol. The van der Waals surface area contributed by atoms with Crippen LogP contribution in [-0.2, 0) is 6.42 Å². The smallest absolute Gasteiger partial charge is 0.0361 e. The van der Waals surface area contributed by atoms with Crippen LogP contribution in [0.25, 0.3) is 0 Å². The first kappa shape index (κ1) is 13.5. The number of halogens is 1. The molecule has 2 rings (SSSR count). The van der Waals surface area contributed by atoms with Crippen LogP contribution in [0.2, 0.25) is 0 Å². The van der Waals surface area contributed by atoms with Crippen molar-refractivity contribution in [3.05, 3.63) is 63.5 Å². The summed E-state index contributed by atoms with van der Waals surface area (Å²) >= 11 is 2.33. The molecule has 1 unspecified atom stereocenters. The predicted octanol–water partition coefficient (Wildman–Crippen LogP) is 3.58. The average molecular weight is 352 g/mol. The van der Waals surface area contributed by atoms with Gasteiger partial charge in [-0.3, -0.25) is 4.98 Å². The number of aromatic nitrogens is 1. The third kappa shape index (κ3) is 3.78. The van der Waals surface area contributed by atoms with E-state index in [1.165, 1.54) is 14.7 Å². The molecule has 2 aromatic rings. The van der Waals surface area contributed by atoms with Gasteiger partial charge in [-0.2, -0.15) is 0 Å². The zero-order valence-corrected chi connectivity index (χ0v) is 12.6. The molecule has 0 saturated carbocycles. The number of hydrogen-bond acceptors (Lipinski definition) is 2. The summed E-state index contributed by atoms with van der Waals surface area (Å²) in [6.45, 7) is 3.11. The molecule has 1 N–H and O–H groups in total. The molecule has 0 aliphatic rings. The molecule has 1 aromatic heterocycles. The molecule has 0 fully saturated rings. The van der Waals surface area contributed by atoms with E-state index in [1.807, 2.05) is 18.5 Å². The molecule has 2 nitrogen and oxygen atoms in total. The van der Waals surface area contributed by atoms with Crippen LogP contribution in [0.1, 0.15) is 24.1 Å². The van der Waals surface area contributed by atoms with Crippen LogP contribution in [-0.4, -0.2) is 11.5 Å². The van der Waals surface area contributed by atoms with Gasteiger partial charge in [0.25, 0.3) is 0 Å². The lowest BCUT2D eigenvalue weighted by Crippen LogP contribution is -2.23. The van der Waals surface area contributed by atoms with Crippen molar-refractivity contribution in [1.82, 2.24) is 10.3 Å². The lowest BCUT2D eigenvalue weighted by molar-refractivity contribution is 0.549. The maximum absolute atomic E-state index is 4.18. The lowest BCUT2D eigenvalue weighted by atomic mass is 10.00. The molecule has 0 aliphatic carbocycles. The third-order valence-electron chi connectivity index (χ3n) is 2.89. The van der Waals surface area contributed by atoms with Crippen molar-refractivity contribution in [3.8, 4) is 0 Å². The molecule has 3 heteroatoms. The fraction of sp³-hybridized carbons (Fsp3) is 0.267. The SMILES string of the molecule is CCNC(Cc1cccnc1)c1ccc(I)cc1. The molecule has 0 aliphatic heterocycles. The van der Waals surface area contributed by atoms with Crippen molar-refractivity contribution in [3.63, 3.8) is 0 Å². The Labute approximate surface area is 122 Å². The van der Waals surface area contributed by atoms with Crippen molar-refractivity contribution < 1.29 is 0 Å². The maximum Gasteiger partial charge on any atom is 0.0361 e. The normalized spacial score (nSPS) is 12.3. The van der Waals surface area contributed by atoms with Gasteiger partial charge >= 0.3 is 0 Å². The number of pyridine rings is 1. The molecule has 1 aromatic carbocycles. The van der Waals surface area contributed by atoms with E-state index in [-0.39, 0.29) is 0 Å². The van der Waals surface area contributed by atoms with Crippen molar-refractivity contribution >= 4 is 22.6 Å².